The summed E-state index contributed by atoms with van der Waals surface area (Å²) in [6.07, 6.45) is 0.606. The Morgan fingerprint density at radius 2 is 1.92 bits per heavy atom. The summed E-state index contributed by atoms with van der Waals surface area (Å²) in [4.78, 5) is 0. The molecule has 1 saturated carbocycles. The van der Waals surface area contributed by atoms with Gasteiger partial charge in [-0.2, -0.15) is 8.42 Å². The van der Waals surface area contributed by atoms with Gasteiger partial charge < -0.3 is 0 Å². The van der Waals surface area contributed by atoms with Crippen LogP contribution in [0.4, 0.5) is 0 Å². The lowest BCUT2D eigenvalue weighted by molar-refractivity contribution is 0.000945. The molecule has 0 heterocycles. The molecule has 0 aromatic rings. The van der Waals surface area contributed by atoms with Crippen LogP contribution in [0.25, 0.3) is 0 Å². The monoisotopic (exact) mass is 194 g/mol. The van der Waals surface area contributed by atoms with Gasteiger partial charge in [-0.3, -0.25) is 4.18 Å². The largest absolute Gasteiger partial charge is 0.399 e. The molecule has 0 saturated heterocycles. The molecule has 0 bridgehead atoms. The zero-order chi connectivity index (χ0) is 9.35. The van der Waals surface area contributed by atoms with Crippen LogP contribution in [0.3, 0.4) is 0 Å². The van der Waals surface area contributed by atoms with E-state index in [1.54, 1.807) is 0 Å². The summed E-state index contributed by atoms with van der Waals surface area (Å²) in [6, 6.07) is 0. The highest BCUT2D eigenvalue weighted by Crippen LogP contribution is 2.36. The molecule has 0 aromatic heterocycles. The zero-order valence-electron chi connectivity index (χ0n) is 7.48. The first-order valence-corrected chi connectivity index (χ1v) is 5.28. The Labute approximate surface area is 73.2 Å². The van der Waals surface area contributed by atoms with Gasteiger partial charge in [0.25, 0.3) is 0 Å². The van der Waals surface area contributed by atoms with Crippen molar-refractivity contribution in [3.8, 4) is 0 Å². The second-order valence-corrected chi connectivity index (χ2v) is 4.62. The topological polar surface area (TPSA) is 52.6 Å². The van der Waals surface area contributed by atoms with Gasteiger partial charge in [-0.05, 0) is 18.3 Å². The lowest BCUT2D eigenvalue weighted by Gasteiger charge is -2.38. The molecule has 0 spiro atoms. The minimum absolute atomic E-state index is 0.190. The van der Waals surface area contributed by atoms with Crippen LogP contribution < -0.4 is 0 Å². The van der Waals surface area contributed by atoms with Gasteiger partial charge >= 0.3 is 10.4 Å². The molecule has 1 fully saturated rings. The predicted molar refractivity (Wildman–Crippen MR) is 43.7 cm³/mol. The van der Waals surface area contributed by atoms with Crippen LogP contribution in [-0.2, 0) is 18.8 Å². The zero-order valence-corrected chi connectivity index (χ0v) is 8.30. The highest BCUT2D eigenvalue weighted by Gasteiger charge is 2.38. The Morgan fingerprint density at radius 1 is 1.33 bits per heavy atom. The fourth-order valence-corrected chi connectivity index (χ4v) is 1.92. The van der Waals surface area contributed by atoms with E-state index in [0.717, 1.165) is 13.5 Å². The first-order chi connectivity index (χ1) is 5.46. The van der Waals surface area contributed by atoms with E-state index in [2.05, 4.69) is 11.1 Å². The molecule has 72 valence electrons. The molecule has 5 heteroatoms. The van der Waals surface area contributed by atoms with Crippen molar-refractivity contribution in [1.29, 1.82) is 0 Å². The number of hydrogen-bond donors (Lipinski definition) is 0. The van der Waals surface area contributed by atoms with Gasteiger partial charge in [0.15, 0.2) is 0 Å². The molecule has 12 heavy (non-hydrogen) atoms. The van der Waals surface area contributed by atoms with E-state index in [4.69, 9.17) is 4.18 Å². The lowest BCUT2D eigenvalue weighted by atomic mass is 9.74. The molecular formula is C7H14O4S. The highest BCUT2D eigenvalue weighted by atomic mass is 32.3. The first-order valence-electron chi connectivity index (χ1n) is 3.95. The average molecular weight is 194 g/mol. The van der Waals surface area contributed by atoms with E-state index in [0.29, 0.717) is 11.8 Å². The fourth-order valence-electron chi connectivity index (χ4n) is 1.28. The van der Waals surface area contributed by atoms with E-state index in [1.165, 1.54) is 0 Å². The minimum Gasteiger partial charge on any atom is -0.252 e. The molecule has 1 aliphatic carbocycles. The van der Waals surface area contributed by atoms with E-state index >= 15 is 0 Å². The summed E-state index contributed by atoms with van der Waals surface area (Å²) >= 11 is 0. The summed E-state index contributed by atoms with van der Waals surface area (Å²) in [5, 5.41) is 0. The molecule has 1 rings (SSSR count). The summed E-state index contributed by atoms with van der Waals surface area (Å²) in [5.74, 6) is 0.844. The Bertz CT molecular complexity index is 246. The molecule has 0 aliphatic heterocycles. The van der Waals surface area contributed by atoms with Gasteiger partial charge in [0.2, 0.25) is 0 Å². The van der Waals surface area contributed by atoms with Crippen molar-refractivity contribution in [1.82, 2.24) is 0 Å². The van der Waals surface area contributed by atoms with Crippen molar-refractivity contribution in [2.24, 2.45) is 11.8 Å². The number of hydrogen-bond acceptors (Lipinski definition) is 4. The maximum absolute atomic E-state index is 10.8. The molecular weight excluding hydrogens is 180 g/mol. The van der Waals surface area contributed by atoms with Gasteiger partial charge in [0.1, 0.15) is 0 Å². The van der Waals surface area contributed by atoms with Gasteiger partial charge in [-0.1, -0.05) is 13.8 Å². The normalized spacial score (nSPS) is 36.1. The van der Waals surface area contributed by atoms with Crippen molar-refractivity contribution in [2.45, 2.75) is 26.4 Å². The van der Waals surface area contributed by atoms with Crippen LogP contribution in [0.5, 0.6) is 0 Å². The third kappa shape index (κ3) is 1.97. The van der Waals surface area contributed by atoms with Crippen molar-refractivity contribution in [3.63, 3.8) is 0 Å². The quantitative estimate of drug-likeness (QED) is 0.671. The molecule has 3 atom stereocenters. The van der Waals surface area contributed by atoms with Crippen LogP contribution in [0.2, 0.25) is 0 Å². The Balaban J connectivity index is 2.45. The van der Waals surface area contributed by atoms with Crippen LogP contribution in [-0.4, -0.2) is 21.6 Å². The van der Waals surface area contributed by atoms with Crippen LogP contribution in [0, 0.1) is 11.8 Å². The van der Waals surface area contributed by atoms with Gasteiger partial charge in [0.05, 0.1) is 13.2 Å². The maximum Gasteiger partial charge on any atom is 0.399 e. The molecule has 1 aliphatic rings. The second-order valence-electron chi connectivity index (χ2n) is 3.28. The third-order valence-corrected chi connectivity index (χ3v) is 3.42. The van der Waals surface area contributed by atoms with E-state index in [-0.39, 0.29) is 6.10 Å². The molecule has 3 unspecified atom stereocenters. The Hall–Kier alpha value is -0.130. The summed E-state index contributed by atoms with van der Waals surface area (Å²) in [7, 11) is -2.64. The lowest BCUT2D eigenvalue weighted by Crippen LogP contribution is -2.41. The van der Waals surface area contributed by atoms with E-state index in [9.17, 15) is 8.42 Å². The Morgan fingerprint density at radius 3 is 2.25 bits per heavy atom. The van der Waals surface area contributed by atoms with Gasteiger partial charge in [-0.15, -0.1) is 0 Å². The predicted octanol–water partition coefficient (Wildman–Crippen LogP) is 0.939. The maximum atomic E-state index is 10.8. The minimum atomic E-state index is -3.74. The standard InChI is InChI=1S/C7H14O4S/c1-5-4-7(6(5)2)11-12(8,9)10-3/h5-7H,4H2,1-3H3. The van der Waals surface area contributed by atoms with Gasteiger partial charge in [0, 0.05) is 0 Å². The van der Waals surface area contributed by atoms with E-state index < -0.39 is 10.4 Å². The summed E-state index contributed by atoms with van der Waals surface area (Å²) in [6.45, 7) is 4.05. The van der Waals surface area contributed by atoms with Crippen LogP contribution >= 0.6 is 0 Å². The highest BCUT2D eigenvalue weighted by molar-refractivity contribution is 7.81. The van der Waals surface area contributed by atoms with Gasteiger partial charge in [-0.25, -0.2) is 4.18 Å². The Kier molecular flexibility index (Phi) is 2.75. The van der Waals surface area contributed by atoms with Crippen LogP contribution in [0.15, 0.2) is 0 Å². The SMILES string of the molecule is COS(=O)(=O)OC1CC(C)C1C. The first kappa shape index (κ1) is 9.95. The number of rotatable bonds is 3. The smallest absolute Gasteiger partial charge is 0.252 e. The average Bonchev–Trinajstić information content (AvgIpc) is 2.03. The third-order valence-electron chi connectivity index (χ3n) is 2.53. The molecule has 0 amide bonds. The van der Waals surface area contributed by atoms with Crippen molar-refractivity contribution in [3.05, 3.63) is 0 Å². The second kappa shape index (κ2) is 3.32. The van der Waals surface area contributed by atoms with Crippen molar-refractivity contribution >= 4 is 10.4 Å². The fraction of sp³-hybridized carbons (Fsp3) is 1.00. The molecule has 0 radical (unpaired) electrons. The molecule has 0 N–H and O–H groups in total. The van der Waals surface area contributed by atoms with Crippen molar-refractivity contribution < 1.29 is 16.8 Å². The summed E-state index contributed by atoms with van der Waals surface area (Å²) in [5.41, 5.74) is 0. The van der Waals surface area contributed by atoms with Crippen LogP contribution in [0.1, 0.15) is 20.3 Å². The van der Waals surface area contributed by atoms with Crippen molar-refractivity contribution in [2.75, 3.05) is 7.11 Å². The molecule has 0 aromatic carbocycles. The summed E-state index contributed by atoms with van der Waals surface area (Å²) < 4.78 is 30.6. The van der Waals surface area contributed by atoms with E-state index in [1.807, 2.05) is 6.92 Å². The molecule has 4 nitrogen and oxygen atoms in total.